The van der Waals surface area contributed by atoms with Crippen molar-refractivity contribution in [3.63, 3.8) is 0 Å². The first-order valence-electron chi connectivity index (χ1n) is 37.2. The molecule has 714 valence electrons. The first kappa shape index (κ1) is 145. The van der Waals surface area contributed by atoms with Crippen molar-refractivity contribution in [1.29, 1.82) is 0 Å². The van der Waals surface area contributed by atoms with Crippen LogP contribution < -0.4 is 0 Å². The lowest BCUT2D eigenvalue weighted by Crippen LogP contribution is -2.21. The normalized spacial score (nSPS) is 12.3. The molecular weight excluding hydrogens is 1700 g/mol. The predicted molar refractivity (Wildman–Crippen MR) is 496 cm³/mol. The van der Waals surface area contributed by atoms with E-state index in [9.17, 15) is 32.6 Å². The van der Waals surface area contributed by atoms with Crippen LogP contribution in [0.1, 0.15) is 161 Å². The quantitative estimate of drug-likeness (QED) is 0.0112. The van der Waals surface area contributed by atoms with Crippen LogP contribution in [0.3, 0.4) is 0 Å². The number of rotatable bonds is 55. The number of carboxylic acid groups (broad SMARTS) is 1. The highest BCUT2D eigenvalue weighted by Gasteiger charge is 2.26. The number of ether oxygens (including phenoxy) is 10. The zero-order valence-electron chi connectivity index (χ0n) is 74.7. The molecule has 0 bridgehead atoms. The molecule has 0 atom stereocenters. The molecule has 0 aromatic rings. The number of aldehydes is 2. The van der Waals surface area contributed by atoms with Crippen molar-refractivity contribution in [2.45, 2.75) is 193 Å². The summed E-state index contributed by atoms with van der Waals surface area (Å²) in [4.78, 5) is 39.6. The number of aliphatic carboxylic acids is 1. The van der Waals surface area contributed by atoms with Crippen LogP contribution in [-0.4, -0.2) is 241 Å². The number of allylic oxidation sites excluding steroid dienone is 20. The van der Waals surface area contributed by atoms with Gasteiger partial charge in [-0.3, -0.25) is 37.4 Å². The minimum Gasteiger partial charge on any atom is -0.481 e. The van der Waals surface area contributed by atoms with E-state index in [1.54, 1.807) is 175 Å². The largest absolute Gasteiger partial charge is 0.481 e. The van der Waals surface area contributed by atoms with Crippen molar-refractivity contribution in [3.8, 4) is 0 Å². The number of ketones is 1. The molecule has 37 heteroatoms. The second kappa shape index (κ2) is 104. The van der Waals surface area contributed by atoms with E-state index in [-0.39, 0.29) is 85.3 Å². The fourth-order valence-electron chi connectivity index (χ4n) is 7.45. The number of hydrogen-bond acceptors (Lipinski definition) is 29. The van der Waals surface area contributed by atoms with Gasteiger partial charge in [0.25, 0.3) is 5.97 Å². The molecule has 0 aliphatic carbocycles. The van der Waals surface area contributed by atoms with Crippen LogP contribution in [0.5, 0.6) is 0 Å². The molecule has 0 spiro atoms. The number of methoxy groups -OCH3 is 10. The van der Waals surface area contributed by atoms with Crippen molar-refractivity contribution < 1.29 is 140 Å². The van der Waals surface area contributed by atoms with Gasteiger partial charge in [0, 0.05) is 89.8 Å². The van der Waals surface area contributed by atoms with Crippen molar-refractivity contribution in [2.75, 3.05) is 180 Å². The Balaban J connectivity index is -0.000000100. The number of carboxylic acids is 1. The Bertz CT molecular complexity index is 2590. The Morgan fingerprint density at radius 2 is 0.475 bits per heavy atom. The van der Waals surface area contributed by atoms with Gasteiger partial charge in [-0.05, 0) is 158 Å². The summed E-state index contributed by atoms with van der Waals surface area (Å²) in [6.07, 6.45) is 32.7. The SMILES string of the molecule is C.C.C.C.CC(=O)O.CCOP(=O)(C/C=C/CP(=O)(OCC)OCC)OCC.CCOP(=O)(C/C=C/CP(=O)(OCC)OCC)OCC.CCOP(OCC)OCC.COC(OC)/C(C)=C/C=C/C=C(\C)C(OC)OC.COC(OC)C(C)=C/C=C/C=C(C)C(OC)OC.COC(OC)C(C)=O.C\C(C=O)=C/C=C/C=C(\C)C=O.ClC/C=C/CCl. The molecule has 1 N–H and O–H groups in total. The van der Waals surface area contributed by atoms with Gasteiger partial charge in [0.2, 0.25) is 6.29 Å². The molecule has 0 aliphatic heterocycles. The topological polar surface area (TPSA) is 351 Å². The Kier molecular flexibility index (Phi) is 126. The third-order valence-corrected chi connectivity index (χ3v) is 21.7. The number of alkyl halides is 2. The summed E-state index contributed by atoms with van der Waals surface area (Å²) in [5.74, 6) is 0.175. The first-order chi connectivity index (χ1) is 55.0. The smallest absolute Gasteiger partial charge is 0.334 e. The van der Waals surface area contributed by atoms with Gasteiger partial charge in [0.15, 0.2) is 30.9 Å². The molecule has 0 heterocycles. The van der Waals surface area contributed by atoms with Crippen molar-refractivity contribution in [2.24, 2.45) is 0 Å². The summed E-state index contributed by atoms with van der Waals surface area (Å²) in [5.41, 5.74) is 5.30. The molecule has 120 heavy (non-hydrogen) atoms. The first-order valence-corrected chi connectivity index (χ1v) is 46.3. The molecule has 0 fully saturated rings. The lowest BCUT2D eigenvalue weighted by atomic mass is 10.2. The Hall–Kier alpha value is -3.55. The summed E-state index contributed by atoms with van der Waals surface area (Å²) < 4.78 is 155. The molecule has 0 saturated carbocycles. The van der Waals surface area contributed by atoms with Gasteiger partial charge in [-0.25, -0.2) is 0 Å². The zero-order chi connectivity index (χ0) is 91.1. The zero-order valence-corrected chi connectivity index (χ0v) is 80.7. The molecule has 0 saturated heterocycles. The maximum Gasteiger partial charge on any atom is 0.334 e. The molecule has 0 aliphatic rings. The number of carbonyl (C=O) groups excluding carboxylic acids is 3. The third-order valence-electron chi connectivity index (χ3n) is 12.1. The summed E-state index contributed by atoms with van der Waals surface area (Å²) in [6, 6.07) is 0. The fraction of sp³-hybridized carbons (Fsp3) is 0.663. The van der Waals surface area contributed by atoms with E-state index in [0.717, 1.165) is 41.8 Å². The van der Waals surface area contributed by atoms with Gasteiger partial charge in [-0.1, -0.05) is 139 Å². The van der Waals surface area contributed by atoms with E-state index >= 15 is 0 Å². The summed E-state index contributed by atoms with van der Waals surface area (Å²) in [5, 5.41) is 7.42. The van der Waals surface area contributed by atoms with Crippen molar-refractivity contribution in [3.05, 3.63) is 143 Å². The standard InChI is InChI=1S/2C14H24O4.2C12H26O6P2.C10H12O2.C6H15O3P.C5H10O3.C4H6Cl2.C2H4O2.4CH4/c2*1-11(13(15-3)16-4)9-7-8-10-12(2)14(17-5)18-6;2*1-5-15-19(13,16-6-2)11-9-10-12-20(14,17-7-3)18-8-4;1-9(7-11)5-3-4-6-10(2)8-12;1-4-7-10(8-5-2)9-6-3;1-4(6)5(7-2)8-3;5-3-1-2-4-6;1-2(3)4;;;;/h2*7-10,13-14H,1-6H3;2*9-10H,5-8,11-12H2,1-4H3;3-8H,1-2H3;4-6H2,1-3H3;5H,1-3H3;1-2H,3-4H2;1H3,(H,3,4);4*1H4/b8-7+,11-9?,12-10?;8-7+,11-9+,12-10+;2*10-9+;4-3+,9-5+,10-6+;;;2-1+;;;;;. The number of Topliss-reactive ketones (excluding diaryl/α,β-unsaturated/α-hetero) is 1. The van der Waals surface area contributed by atoms with E-state index in [0.29, 0.717) is 95.6 Å². The molecule has 0 aromatic heterocycles. The lowest BCUT2D eigenvalue weighted by Gasteiger charge is -2.16. The van der Waals surface area contributed by atoms with Crippen LogP contribution in [0.4, 0.5) is 0 Å². The molecule has 0 aromatic carbocycles. The van der Waals surface area contributed by atoms with Gasteiger partial charge in [0.05, 0.1) is 97.3 Å². The van der Waals surface area contributed by atoms with Gasteiger partial charge in [-0.2, -0.15) is 0 Å². The van der Waals surface area contributed by atoms with E-state index in [1.807, 2.05) is 109 Å². The molecule has 0 unspecified atom stereocenters. The van der Waals surface area contributed by atoms with Gasteiger partial charge in [0.1, 0.15) is 12.6 Å². The Morgan fingerprint density at radius 1 is 0.308 bits per heavy atom. The van der Waals surface area contributed by atoms with Crippen molar-refractivity contribution >= 4 is 86.5 Å². The van der Waals surface area contributed by atoms with Crippen LogP contribution >= 0.6 is 62.2 Å². The maximum absolute atomic E-state index is 12.2. The van der Waals surface area contributed by atoms with Crippen LogP contribution in [0.25, 0.3) is 0 Å². The minimum absolute atomic E-state index is 0. The maximum atomic E-state index is 12.2. The summed E-state index contributed by atoms with van der Waals surface area (Å²) in [6.45, 7) is 38.1. The van der Waals surface area contributed by atoms with Gasteiger partial charge in [-0.15, -0.1) is 23.2 Å². The second-order valence-corrected chi connectivity index (χ2v) is 32.0. The van der Waals surface area contributed by atoms with Gasteiger partial charge < -0.3 is 102 Å². The van der Waals surface area contributed by atoms with E-state index < -0.39 is 51.2 Å². The van der Waals surface area contributed by atoms with Crippen LogP contribution in [0.2, 0.25) is 0 Å². The Morgan fingerprint density at radius 3 is 0.592 bits per heavy atom. The van der Waals surface area contributed by atoms with E-state index in [1.165, 1.54) is 21.1 Å². The molecule has 0 amide bonds. The number of hydrogen-bond donors (Lipinski definition) is 1. The monoisotopic (exact) mass is 1860 g/mol. The number of carbonyl (C=O) groups is 4. The van der Waals surface area contributed by atoms with Crippen LogP contribution in [-0.2, 0) is 135 Å². The van der Waals surface area contributed by atoms with Crippen molar-refractivity contribution in [1.82, 2.24) is 0 Å². The molecule has 0 rings (SSSR count). The molecular formula is C83H163Cl2O30P5. The van der Waals surface area contributed by atoms with Gasteiger partial charge >= 0.3 is 39.0 Å². The molecule has 30 nitrogen and oxygen atoms in total. The lowest BCUT2D eigenvalue weighted by molar-refractivity contribution is -0.154. The highest BCUT2D eigenvalue weighted by atomic mass is 35.5. The summed E-state index contributed by atoms with van der Waals surface area (Å²) in [7, 11) is 2.33. The summed E-state index contributed by atoms with van der Waals surface area (Å²) >= 11 is 10.5. The Labute approximate surface area is 738 Å². The predicted octanol–water partition coefficient (Wildman–Crippen LogP) is 22.5. The van der Waals surface area contributed by atoms with Crippen LogP contribution in [0, 0.1) is 0 Å². The minimum atomic E-state index is -3.09. The second-order valence-electron chi connectivity index (χ2n) is 21.7. The highest BCUT2D eigenvalue weighted by Crippen LogP contribution is 2.51. The average Bonchev–Trinajstić information content (AvgIpc) is 0.890. The highest BCUT2D eigenvalue weighted by molar-refractivity contribution is 7.55. The third kappa shape index (κ3) is 96.7. The van der Waals surface area contributed by atoms with E-state index in [4.69, 9.17) is 121 Å². The fourth-order valence-corrected chi connectivity index (χ4v) is 14.5. The molecule has 0 radical (unpaired) electrons. The number of halogens is 2. The van der Waals surface area contributed by atoms with Crippen LogP contribution in [0.15, 0.2) is 143 Å². The average molecular weight is 1870 g/mol. The van der Waals surface area contributed by atoms with E-state index in [2.05, 4.69) is 9.47 Å².